The van der Waals surface area contributed by atoms with Crippen molar-refractivity contribution in [2.75, 3.05) is 0 Å². The molecular formula is C12H17NO4. The number of hydrogen-bond donors (Lipinski definition) is 2. The maximum atomic E-state index is 11.7. The van der Waals surface area contributed by atoms with Gasteiger partial charge in [0.15, 0.2) is 0 Å². The first-order valence-electron chi connectivity index (χ1n) is 5.67. The molecule has 2 heterocycles. The second-order valence-electron chi connectivity index (χ2n) is 5.75. The van der Waals surface area contributed by atoms with E-state index in [1.165, 1.54) is 4.90 Å². The molecule has 2 aliphatic heterocycles. The smallest absolute Gasteiger partial charge is 0.352 e. The Hall–Kier alpha value is -1.36. The summed E-state index contributed by atoms with van der Waals surface area (Å²) >= 11 is 0. The van der Waals surface area contributed by atoms with Gasteiger partial charge in [-0.3, -0.25) is 9.69 Å². The van der Waals surface area contributed by atoms with Crippen LogP contribution in [0.5, 0.6) is 0 Å². The zero-order valence-corrected chi connectivity index (χ0v) is 10.4. The number of β-lactam (4-membered cyclic amide) rings is 1. The van der Waals surface area contributed by atoms with Crippen LogP contribution in [-0.4, -0.2) is 39.1 Å². The highest BCUT2D eigenvalue weighted by Crippen LogP contribution is 2.47. The molecule has 3 unspecified atom stereocenters. The minimum absolute atomic E-state index is 0.0295. The molecule has 1 fully saturated rings. The molecule has 0 bridgehead atoms. The van der Waals surface area contributed by atoms with Crippen molar-refractivity contribution < 1.29 is 19.8 Å². The van der Waals surface area contributed by atoms with E-state index in [-0.39, 0.29) is 17.5 Å². The highest BCUT2D eigenvalue weighted by molar-refractivity contribution is 6.00. The lowest BCUT2D eigenvalue weighted by Gasteiger charge is -2.42. The lowest BCUT2D eigenvalue weighted by Crippen LogP contribution is -2.60. The largest absolute Gasteiger partial charge is 0.477 e. The number of carboxylic acids is 1. The topological polar surface area (TPSA) is 77.8 Å². The average molecular weight is 239 g/mol. The van der Waals surface area contributed by atoms with Crippen molar-refractivity contribution in [1.82, 2.24) is 4.90 Å². The zero-order valence-electron chi connectivity index (χ0n) is 10.4. The van der Waals surface area contributed by atoms with Gasteiger partial charge < -0.3 is 10.2 Å². The van der Waals surface area contributed by atoms with Crippen LogP contribution in [0.15, 0.2) is 11.3 Å². The lowest BCUT2D eigenvalue weighted by atomic mass is 9.79. The molecule has 5 heteroatoms. The van der Waals surface area contributed by atoms with Gasteiger partial charge in [0.05, 0.1) is 18.1 Å². The predicted molar refractivity (Wildman–Crippen MR) is 59.9 cm³/mol. The maximum absolute atomic E-state index is 11.7. The van der Waals surface area contributed by atoms with Crippen LogP contribution in [0.1, 0.15) is 27.7 Å². The van der Waals surface area contributed by atoms with Crippen molar-refractivity contribution in [3.63, 3.8) is 0 Å². The maximum Gasteiger partial charge on any atom is 0.352 e. The molecule has 17 heavy (non-hydrogen) atoms. The molecule has 2 N–H and O–H groups in total. The van der Waals surface area contributed by atoms with Gasteiger partial charge >= 0.3 is 5.97 Å². The molecule has 3 atom stereocenters. The van der Waals surface area contributed by atoms with Gasteiger partial charge in [-0.05, 0) is 11.0 Å². The van der Waals surface area contributed by atoms with E-state index in [2.05, 4.69) is 0 Å². The number of carbonyl (C=O) groups excluding carboxylic acids is 1. The Morgan fingerprint density at radius 3 is 2.29 bits per heavy atom. The van der Waals surface area contributed by atoms with Crippen molar-refractivity contribution in [2.24, 2.45) is 11.3 Å². The quantitative estimate of drug-likeness (QED) is 0.657. The van der Waals surface area contributed by atoms with E-state index in [0.717, 1.165) is 0 Å². The third-order valence-corrected chi connectivity index (χ3v) is 3.56. The molecule has 0 aromatic rings. The summed E-state index contributed by atoms with van der Waals surface area (Å²) in [4.78, 5) is 24.2. The summed E-state index contributed by atoms with van der Waals surface area (Å²) in [5, 5.41) is 19.4. The fourth-order valence-corrected chi connectivity index (χ4v) is 2.79. The van der Waals surface area contributed by atoms with Gasteiger partial charge in [0, 0.05) is 0 Å². The Labute approximate surface area is 99.7 Å². The second kappa shape index (κ2) is 3.32. The SMILES string of the molecule is CC1C(=O)N2C(C(=O)O)=C(C(C)(C)C)C(O)C12. The van der Waals surface area contributed by atoms with Crippen LogP contribution < -0.4 is 0 Å². The molecule has 0 aliphatic carbocycles. The third-order valence-electron chi connectivity index (χ3n) is 3.56. The Kier molecular flexibility index (Phi) is 2.36. The molecule has 1 amide bonds. The molecule has 94 valence electrons. The first-order valence-corrected chi connectivity index (χ1v) is 5.67. The molecule has 2 rings (SSSR count). The number of amides is 1. The summed E-state index contributed by atoms with van der Waals surface area (Å²) < 4.78 is 0. The normalized spacial score (nSPS) is 32.6. The summed E-state index contributed by atoms with van der Waals surface area (Å²) in [6.45, 7) is 7.25. The van der Waals surface area contributed by atoms with Gasteiger partial charge in [-0.1, -0.05) is 27.7 Å². The van der Waals surface area contributed by atoms with Gasteiger partial charge in [0.2, 0.25) is 5.91 Å². The average Bonchev–Trinajstić information content (AvgIpc) is 2.47. The monoisotopic (exact) mass is 239 g/mol. The number of carboxylic acid groups (broad SMARTS) is 1. The Morgan fingerprint density at radius 2 is 1.88 bits per heavy atom. The summed E-state index contributed by atoms with van der Waals surface area (Å²) in [7, 11) is 0. The number of carbonyl (C=O) groups is 2. The number of aliphatic carboxylic acids is 1. The Morgan fingerprint density at radius 1 is 1.35 bits per heavy atom. The number of nitrogens with zero attached hydrogens (tertiary/aromatic N) is 1. The summed E-state index contributed by atoms with van der Waals surface area (Å²) in [6.07, 6.45) is -0.867. The molecule has 0 radical (unpaired) electrons. The van der Waals surface area contributed by atoms with Crippen molar-refractivity contribution in [3.05, 3.63) is 11.3 Å². The highest BCUT2D eigenvalue weighted by Gasteiger charge is 2.59. The molecule has 0 aromatic carbocycles. The van der Waals surface area contributed by atoms with Crippen LogP contribution in [0.25, 0.3) is 0 Å². The summed E-state index contributed by atoms with van der Waals surface area (Å²) in [6, 6.07) is -0.400. The molecule has 5 nitrogen and oxygen atoms in total. The van der Waals surface area contributed by atoms with Gasteiger partial charge in [-0.2, -0.15) is 0 Å². The van der Waals surface area contributed by atoms with E-state index >= 15 is 0 Å². The van der Waals surface area contributed by atoms with E-state index in [1.54, 1.807) is 6.92 Å². The fraction of sp³-hybridized carbons (Fsp3) is 0.667. The number of aliphatic hydroxyl groups is 1. The van der Waals surface area contributed by atoms with Crippen LogP contribution in [0, 0.1) is 11.3 Å². The van der Waals surface area contributed by atoms with E-state index in [0.29, 0.717) is 5.57 Å². The van der Waals surface area contributed by atoms with E-state index < -0.39 is 23.5 Å². The highest BCUT2D eigenvalue weighted by atomic mass is 16.4. The van der Waals surface area contributed by atoms with Crippen LogP contribution in [-0.2, 0) is 9.59 Å². The minimum atomic E-state index is -1.14. The first-order chi connectivity index (χ1) is 7.68. The molecule has 1 saturated heterocycles. The van der Waals surface area contributed by atoms with Crippen molar-refractivity contribution >= 4 is 11.9 Å². The van der Waals surface area contributed by atoms with Crippen molar-refractivity contribution in [1.29, 1.82) is 0 Å². The van der Waals surface area contributed by atoms with Gasteiger partial charge in [-0.25, -0.2) is 4.79 Å². The Balaban J connectivity index is 2.54. The molecule has 2 aliphatic rings. The summed E-state index contributed by atoms with van der Waals surface area (Å²) in [5.41, 5.74) is -0.0457. The number of hydrogen-bond acceptors (Lipinski definition) is 3. The predicted octanol–water partition coefficient (Wildman–Crippen LogP) is 0.593. The van der Waals surface area contributed by atoms with Gasteiger partial charge in [-0.15, -0.1) is 0 Å². The Bertz CT molecular complexity index is 432. The van der Waals surface area contributed by atoms with Crippen LogP contribution >= 0.6 is 0 Å². The van der Waals surface area contributed by atoms with Gasteiger partial charge in [0.25, 0.3) is 0 Å². The second-order valence-corrected chi connectivity index (χ2v) is 5.75. The van der Waals surface area contributed by atoms with E-state index in [9.17, 15) is 19.8 Å². The standard InChI is InChI=1S/C12H17NO4/c1-5-7-9(14)6(12(2,3)4)8(11(16)17)13(7)10(5)15/h5,7,9,14H,1-4H3,(H,16,17). The molecule has 0 spiro atoms. The number of fused-ring (bicyclic) bond motifs is 1. The molecular weight excluding hydrogens is 222 g/mol. The molecule has 0 aromatic heterocycles. The van der Waals surface area contributed by atoms with Crippen LogP contribution in [0.4, 0.5) is 0 Å². The summed E-state index contributed by atoms with van der Waals surface area (Å²) in [5.74, 6) is -1.67. The van der Waals surface area contributed by atoms with Gasteiger partial charge in [0.1, 0.15) is 5.70 Å². The molecule has 0 saturated carbocycles. The van der Waals surface area contributed by atoms with Crippen LogP contribution in [0.3, 0.4) is 0 Å². The lowest BCUT2D eigenvalue weighted by molar-refractivity contribution is -0.157. The zero-order chi connectivity index (χ0) is 13.1. The van der Waals surface area contributed by atoms with Crippen LogP contribution in [0.2, 0.25) is 0 Å². The number of aliphatic hydroxyl groups excluding tert-OH is 1. The van der Waals surface area contributed by atoms with E-state index in [4.69, 9.17) is 0 Å². The van der Waals surface area contributed by atoms with Crippen molar-refractivity contribution in [2.45, 2.75) is 39.8 Å². The van der Waals surface area contributed by atoms with E-state index in [1.807, 2.05) is 20.8 Å². The minimum Gasteiger partial charge on any atom is -0.477 e. The third kappa shape index (κ3) is 1.42. The van der Waals surface area contributed by atoms with Crippen molar-refractivity contribution in [3.8, 4) is 0 Å². The number of rotatable bonds is 1. The first kappa shape index (κ1) is 12.1. The fourth-order valence-electron chi connectivity index (χ4n) is 2.79.